The quantitative estimate of drug-likeness (QED) is 0.639. The Kier molecular flexibility index (Phi) is 3.97. The summed E-state index contributed by atoms with van der Waals surface area (Å²) in [6, 6.07) is 17.6. The molecule has 0 aromatic heterocycles. The summed E-state index contributed by atoms with van der Waals surface area (Å²) in [6.07, 6.45) is 5.37. The van der Waals surface area contributed by atoms with E-state index in [2.05, 4.69) is 0 Å². The van der Waals surface area contributed by atoms with Crippen molar-refractivity contribution in [1.82, 2.24) is 0 Å². The Balaban J connectivity index is 1.99. The molecule has 2 aromatic rings. The molecule has 0 aliphatic carbocycles. The van der Waals surface area contributed by atoms with Gasteiger partial charge in [0.15, 0.2) is 0 Å². The zero-order chi connectivity index (χ0) is 15.4. The van der Waals surface area contributed by atoms with Crippen LogP contribution < -0.4 is 4.90 Å². The maximum Gasteiger partial charge on any atom is 0.259 e. The number of carbonyl (C=O) groups is 2. The summed E-state index contributed by atoms with van der Waals surface area (Å²) in [6.45, 7) is 0.533. The first kappa shape index (κ1) is 14.0. The van der Waals surface area contributed by atoms with Crippen LogP contribution in [0.4, 0.5) is 5.69 Å². The Hall–Kier alpha value is -2.94. The van der Waals surface area contributed by atoms with E-state index in [1.807, 2.05) is 54.6 Å². The standard InChI is InChI=1S/C19H15NO2/c21-13-7-6-11-17-16-10-4-5-12-18(16)20(19(17)22)14-15-8-2-1-3-9-15/h1-13H,14H2/b7-6+,17-11-. The summed E-state index contributed by atoms with van der Waals surface area (Å²) in [7, 11) is 0. The van der Waals surface area contributed by atoms with Gasteiger partial charge in [0, 0.05) is 11.1 Å². The van der Waals surface area contributed by atoms with Crippen LogP contribution in [0.2, 0.25) is 0 Å². The van der Waals surface area contributed by atoms with Crippen molar-refractivity contribution >= 4 is 23.5 Å². The number of carbonyl (C=O) groups excluding carboxylic acids is 2. The van der Waals surface area contributed by atoms with Gasteiger partial charge in [-0.1, -0.05) is 54.6 Å². The van der Waals surface area contributed by atoms with Gasteiger partial charge in [-0.2, -0.15) is 0 Å². The van der Waals surface area contributed by atoms with Crippen molar-refractivity contribution in [3.8, 4) is 0 Å². The molecule has 0 saturated carbocycles. The number of allylic oxidation sites excluding steroid dienone is 3. The molecular weight excluding hydrogens is 274 g/mol. The van der Waals surface area contributed by atoms with Gasteiger partial charge in [-0.05, 0) is 23.8 Å². The third-order valence-electron chi connectivity index (χ3n) is 3.60. The van der Waals surface area contributed by atoms with Crippen molar-refractivity contribution in [2.45, 2.75) is 6.54 Å². The van der Waals surface area contributed by atoms with E-state index in [4.69, 9.17) is 0 Å². The molecule has 2 aromatic carbocycles. The summed E-state index contributed by atoms with van der Waals surface area (Å²) in [5.41, 5.74) is 3.50. The van der Waals surface area contributed by atoms with Crippen LogP contribution in [0.5, 0.6) is 0 Å². The Morgan fingerprint density at radius 2 is 1.64 bits per heavy atom. The lowest BCUT2D eigenvalue weighted by molar-refractivity contribution is -0.113. The smallest absolute Gasteiger partial charge is 0.259 e. The summed E-state index contributed by atoms with van der Waals surface area (Å²) in [5, 5.41) is 0. The number of amides is 1. The fourth-order valence-electron chi connectivity index (χ4n) is 2.59. The van der Waals surface area contributed by atoms with Crippen LogP contribution in [0.3, 0.4) is 0 Å². The lowest BCUT2D eigenvalue weighted by Crippen LogP contribution is -2.25. The number of aldehydes is 1. The SMILES string of the molecule is O=C/C=C/C=C1\C(=O)N(Cc2ccccc2)c2ccccc21. The number of hydrogen-bond donors (Lipinski definition) is 0. The number of benzene rings is 2. The number of nitrogens with zero attached hydrogens (tertiary/aromatic N) is 1. The Labute approximate surface area is 129 Å². The lowest BCUT2D eigenvalue weighted by atomic mass is 10.1. The molecule has 0 N–H and O–H groups in total. The summed E-state index contributed by atoms with van der Waals surface area (Å²) >= 11 is 0. The minimum Gasteiger partial charge on any atom is -0.303 e. The predicted octanol–water partition coefficient (Wildman–Crippen LogP) is 3.37. The average molecular weight is 289 g/mol. The molecule has 0 spiro atoms. The van der Waals surface area contributed by atoms with E-state index < -0.39 is 0 Å². The van der Waals surface area contributed by atoms with Crippen LogP contribution in [0, 0.1) is 0 Å². The van der Waals surface area contributed by atoms with E-state index in [1.165, 1.54) is 6.08 Å². The highest BCUT2D eigenvalue weighted by atomic mass is 16.2. The fourth-order valence-corrected chi connectivity index (χ4v) is 2.59. The molecule has 22 heavy (non-hydrogen) atoms. The second-order valence-corrected chi connectivity index (χ2v) is 5.00. The van der Waals surface area contributed by atoms with Gasteiger partial charge in [0.05, 0.1) is 12.2 Å². The van der Waals surface area contributed by atoms with E-state index in [-0.39, 0.29) is 5.91 Å². The summed E-state index contributed by atoms with van der Waals surface area (Å²) in [5.74, 6) is -0.0411. The van der Waals surface area contributed by atoms with Crippen molar-refractivity contribution in [3.05, 3.63) is 84.0 Å². The maximum atomic E-state index is 12.7. The topological polar surface area (TPSA) is 37.4 Å². The molecule has 3 nitrogen and oxygen atoms in total. The molecule has 108 valence electrons. The average Bonchev–Trinajstić information content (AvgIpc) is 2.82. The highest BCUT2D eigenvalue weighted by Crippen LogP contribution is 2.37. The van der Waals surface area contributed by atoms with Crippen molar-refractivity contribution < 1.29 is 9.59 Å². The van der Waals surface area contributed by atoms with Crippen molar-refractivity contribution in [1.29, 1.82) is 0 Å². The zero-order valence-corrected chi connectivity index (χ0v) is 12.0. The molecule has 0 saturated heterocycles. The van der Waals surface area contributed by atoms with Crippen LogP contribution in [0.1, 0.15) is 11.1 Å². The largest absolute Gasteiger partial charge is 0.303 e. The molecular formula is C19H15NO2. The molecule has 0 atom stereocenters. The zero-order valence-electron chi connectivity index (χ0n) is 12.0. The highest BCUT2D eigenvalue weighted by Gasteiger charge is 2.31. The van der Waals surface area contributed by atoms with Gasteiger partial charge < -0.3 is 4.90 Å². The number of anilines is 1. The molecule has 0 radical (unpaired) electrons. The molecule has 3 heteroatoms. The van der Waals surface area contributed by atoms with Crippen molar-refractivity contribution in [2.24, 2.45) is 0 Å². The first-order valence-electron chi connectivity index (χ1n) is 7.08. The van der Waals surface area contributed by atoms with E-state index >= 15 is 0 Å². The molecule has 0 fully saturated rings. The normalized spacial score (nSPS) is 15.5. The van der Waals surface area contributed by atoms with Crippen molar-refractivity contribution in [3.63, 3.8) is 0 Å². The molecule has 1 aliphatic heterocycles. The monoisotopic (exact) mass is 289 g/mol. The second kappa shape index (κ2) is 6.22. The van der Waals surface area contributed by atoms with Crippen LogP contribution in [0.15, 0.2) is 72.8 Å². The maximum absolute atomic E-state index is 12.7. The molecule has 0 unspecified atom stereocenters. The third-order valence-corrected chi connectivity index (χ3v) is 3.60. The Morgan fingerprint density at radius 1 is 0.909 bits per heavy atom. The first-order chi connectivity index (χ1) is 10.8. The minimum atomic E-state index is -0.0411. The molecule has 0 bridgehead atoms. The van der Waals surface area contributed by atoms with Crippen LogP contribution in [-0.2, 0) is 16.1 Å². The lowest BCUT2D eigenvalue weighted by Gasteiger charge is -2.17. The summed E-state index contributed by atoms with van der Waals surface area (Å²) < 4.78 is 0. The molecule has 1 heterocycles. The van der Waals surface area contributed by atoms with Crippen LogP contribution >= 0.6 is 0 Å². The van der Waals surface area contributed by atoms with Crippen LogP contribution in [0.25, 0.3) is 5.57 Å². The second-order valence-electron chi connectivity index (χ2n) is 5.00. The van der Waals surface area contributed by atoms with E-state index in [9.17, 15) is 9.59 Å². The Morgan fingerprint density at radius 3 is 2.41 bits per heavy atom. The predicted molar refractivity (Wildman–Crippen MR) is 87.3 cm³/mol. The molecule has 3 rings (SSSR count). The van der Waals surface area contributed by atoms with Gasteiger partial charge in [-0.25, -0.2) is 0 Å². The Bertz CT molecular complexity index is 760. The van der Waals surface area contributed by atoms with E-state index in [0.29, 0.717) is 18.4 Å². The van der Waals surface area contributed by atoms with Crippen LogP contribution in [-0.4, -0.2) is 12.2 Å². The van der Waals surface area contributed by atoms with Gasteiger partial charge in [0.1, 0.15) is 6.29 Å². The number of hydrogen-bond acceptors (Lipinski definition) is 2. The summed E-state index contributed by atoms with van der Waals surface area (Å²) in [4.78, 5) is 24.9. The van der Waals surface area contributed by atoms with Crippen molar-refractivity contribution in [2.75, 3.05) is 4.90 Å². The molecule has 1 amide bonds. The van der Waals surface area contributed by atoms with Gasteiger partial charge in [0.25, 0.3) is 5.91 Å². The first-order valence-corrected chi connectivity index (χ1v) is 7.08. The fraction of sp³-hybridized carbons (Fsp3) is 0.0526. The number of para-hydroxylation sites is 1. The van der Waals surface area contributed by atoms with Gasteiger partial charge in [-0.15, -0.1) is 0 Å². The number of fused-ring (bicyclic) bond motifs is 1. The van der Waals surface area contributed by atoms with E-state index in [0.717, 1.165) is 16.8 Å². The minimum absolute atomic E-state index is 0.0411. The van der Waals surface area contributed by atoms with Gasteiger partial charge >= 0.3 is 0 Å². The van der Waals surface area contributed by atoms with Gasteiger partial charge in [-0.3, -0.25) is 9.59 Å². The van der Waals surface area contributed by atoms with E-state index in [1.54, 1.807) is 17.1 Å². The molecule has 1 aliphatic rings. The number of rotatable bonds is 4. The third kappa shape index (κ3) is 2.61. The van der Waals surface area contributed by atoms with Gasteiger partial charge in [0.2, 0.25) is 0 Å². The highest BCUT2D eigenvalue weighted by molar-refractivity contribution is 6.32.